The van der Waals surface area contributed by atoms with Crippen molar-refractivity contribution >= 4 is 29.4 Å². The molecule has 0 amide bonds. The van der Waals surface area contributed by atoms with Gasteiger partial charge in [0.25, 0.3) is 0 Å². The van der Waals surface area contributed by atoms with E-state index < -0.39 is 0 Å². The zero-order valence-electron chi connectivity index (χ0n) is 11.7. The molecular weight excluding hydrogens is 286 g/mol. The number of rotatable bonds is 5. The third kappa shape index (κ3) is 5.04. The van der Waals surface area contributed by atoms with Crippen LogP contribution in [0.2, 0.25) is 5.02 Å². The average Bonchev–Trinajstić information content (AvgIpc) is 2.40. The Kier molecular flexibility index (Phi) is 5.72. The average molecular weight is 304 g/mol. The van der Waals surface area contributed by atoms with Gasteiger partial charge in [-0.05, 0) is 50.0 Å². The van der Waals surface area contributed by atoms with Crippen molar-refractivity contribution in [3.63, 3.8) is 0 Å². The summed E-state index contributed by atoms with van der Waals surface area (Å²) in [5.41, 5.74) is 1.22. The van der Waals surface area contributed by atoms with Gasteiger partial charge >= 0.3 is 0 Å². The Morgan fingerprint density at radius 1 is 1.05 bits per heavy atom. The quantitative estimate of drug-likeness (QED) is 0.759. The Hall–Kier alpha value is -1.22. The van der Waals surface area contributed by atoms with E-state index in [1.807, 2.05) is 18.2 Å². The highest BCUT2D eigenvalue weighted by atomic mass is 35.5. The van der Waals surface area contributed by atoms with Crippen molar-refractivity contribution in [2.75, 3.05) is 20.6 Å². The molecule has 1 nitrogen and oxygen atoms in total. The van der Waals surface area contributed by atoms with Gasteiger partial charge in [0.15, 0.2) is 0 Å². The third-order valence-electron chi connectivity index (χ3n) is 2.69. The van der Waals surface area contributed by atoms with Crippen LogP contribution in [0.3, 0.4) is 0 Å². The molecule has 20 heavy (non-hydrogen) atoms. The maximum atomic E-state index is 5.99. The fraction of sp³-hybridized carbons (Fsp3) is 0.176. The number of hydrogen-bond donors (Lipinski definition) is 0. The second-order valence-electron chi connectivity index (χ2n) is 4.79. The van der Waals surface area contributed by atoms with E-state index in [2.05, 4.69) is 61.5 Å². The summed E-state index contributed by atoms with van der Waals surface area (Å²) in [5.74, 6) is 0. The fourth-order valence-electron chi connectivity index (χ4n) is 1.71. The predicted octanol–water partition coefficient (Wildman–Crippen LogP) is 5.07. The van der Waals surface area contributed by atoms with E-state index in [0.29, 0.717) is 0 Å². The van der Waals surface area contributed by atoms with Crippen LogP contribution in [0.5, 0.6) is 0 Å². The van der Waals surface area contributed by atoms with Crippen molar-refractivity contribution in [3.8, 4) is 0 Å². The minimum absolute atomic E-state index is 0.776. The smallest absolute Gasteiger partial charge is 0.0417 e. The molecule has 0 N–H and O–H groups in total. The molecule has 0 bridgehead atoms. The normalized spacial score (nSPS) is 11.4. The van der Waals surface area contributed by atoms with Crippen molar-refractivity contribution in [1.29, 1.82) is 0 Å². The standard InChI is InChI=1S/C17H18ClNS/c1-19(2)12-4-5-14-8-10-16(11-9-14)20-17-7-3-6-15(18)13-17/h3-11,13H,12H2,1-2H3. The Morgan fingerprint density at radius 3 is 2.45 bits per heavy atom. The number of benzene rings is 2. The number of hydrogen-bond acceptors (Lipinski definition) is 2. The molecule has 0 unspecified atom stereocenters. The van der Waals surface area contributed by atoms with Crippen LogP contribution in [0.4, 0.5) is 0 Å². The van der Waals surface area contributed by atoms with Crippen LogP contribution in [0.15, 0.2) is 64.4 Å². The van der Waals surface area contributed by atoms with Crippen LogP contribution in [0.1, 0.15) is 5.56 Å². The minimum atomic E-state index is 0.776. The first-order valence-electron chi connectivity index (χ1n) is 6.48. The van der Waals surface area contributed by atoms with Gasteiger partial charge in [0.1, 0.15) is 0 Å². The first-order valence-corrected chi connectivity index (χ1v) is 7.68. The van der Waals surface area contributed by atoms with Crippen LogP contribution in [-0.4, -0.2) is 25.5 Å². The lowest BCUT2D eigenvalue weighted by atomic mass is 10.2. The van der Waals surface area contributed by atoms with Gasteiger partial charge < -0.3 is 4.90 Å². The Balaban J connectivity index is 1.99. The van der Waals surface area contributed by atoms with Crippen molar-refractivity contribution in [2.45, 2.75) is 9.79 Å². The van der Waals surface area contributed by atoms with Gasteiger partial charge in [-0.15, -0.1) is 0 Å². The second-order valence-corrected chi connectivity index (χ2v) is 6.38. The van der Waals surface area contributed by atoms with E-state index in [4.69, 9.17) is 11.6 Å². The Labute approximate surface area is 130 Å². The molecule has 0 aliphatic heterocycles. The Morgan fingerprint density at radius 2 is 1.80 bits per heavy atom. The molecule has 104 valence electrons. The topological polar surface area (TPSA) is 3.24 Å². The van der Waals surface area contributed by atoms with Gasteiger partial charge in [-0.1, -0.05) is 53.7 Å². The van der Waals surface area contributed by atoms with Crippen LogP contribution < -0.4 is 0 Å². The van der Waals surface area contributed by atoms with E-state index in [9.17, 15) is 0 Å². The number of likely N-dealkylation sites (N-methyl/N-ethyl adjacent to an activating group) is 1. The number of nitrogens with zero attached hydrogens (tertiary/aromatic N) is 1. The molecule has 0 atom stereocenters. The molecule has 2 aromatic rings. The number of halogens is 1. The summed E-state index contributed by atoms with van der Waals surface area (Å²) in [5, 5.41) is 0.776. The van der Waals surface area contributed by atoms with Gasteiger partial charge in [-0.25, -0.2) is 0 Å². The van der Waals surface area contributed by atoms with E-state index in [-0.39, 0.29) is 0 Å². The predicted molar refractivity (Wildman–Crippen MR) is 89.6 cm³/mol. The summed E-state index contributed by atoms with van der Waals surface area (Å²) in [4.78, 5) is 4.52. The third-order valence-corrected chi connectivity index (χ3v) is 3.93. The maximum absolute atomic E-state index is 5.99. The van der Waals surface area contributed by atoms with Gasteiger partial charge in [0.2, 0.25) is 0 Å². The van der Waals surface area contributed by atoms with Crippen molar-refractivity contribution in [3.05, 3.63) is 65.2 Å². The minimum Gasteiger partial charge on any atom is -0.306 e. The lowest BCUT2D eigenvalue weighted by Gasteiger charge is -2.04. The molecule has 0 saturated heterocycles. The molecule has 0 saturated carbocycles. The molecule has 2 rings (SSSR count). The molecule has 0 heterocycles. The fourth-order valence-corrected chi connectivity index (χ4v) is 2.84. The second kappa shape index (κ2) is 7.53. The molecule has 0 fully saturated rings. The maximum Gasteiger partial charge on any atom is 0.0417 e. The van der Waals surface area contributed by atoms with E-state index in [1.165, 1.54) is 10.5 Å². The molecule has 0 aliphatic carbocycles. The zero-order chi connectivity index (χ0) is 14.4. The summed E-state index contributed by atoms with van der Waals surface area (Å²) in [6.07, 6.45) is 4.31. The van der Waals surface area contributed by atoms with Crippen LogP contribution in [-0.2, 0) is 0 Å². The molecule has 0 spiro atoms. The highest BCUT2D eigenvalue weighted by Gasteiger charge is 1.98. The molecule has 2 aromatic carbocycles. The highest BCUT2D eigenvalue weighted by molar-refractivity contribution is 7.99. The largest absolute Gasteiger partial charge is 0.306 e. The summed E-state index contributed by atoms with van der Waals surface area (Å²) in [6, 6.07) is 16.5. The summed E-state index contributed by atoms with van der Waals surface area (Å²) >= 11 is 7.72. The van der Waals surface area contributed by atoms with Gasteiger partial charge in [0, 0.05) is 21.4 Å². The van der Waals surface area contributed by atoms with Crippen LogP contribution in [0.25, 0.3) is 6.08 Å². The molecular formula is C17H18ClNS. The van der Waals surface area contributed by atoms with Crippen LogP contribution in [0, 0.1) is 0 Å². The van der Waals surface area contributed by atoms with Gasteiger partial charge in [0.05, 0.1) is 0 Å². The van der Waals surface area contributed by atoms with E-state index in [0.717, 1.165) is 16.5 Å². The SMILES string of the molecule is CN(C)CC=Cc1ccc(Sc2cccc(Cl)c2)cc1. The summed E-state index contributed by atoms with van der Waals surface area (Å²) < 4.78 is 0. The zero-order valence-corrected chi connectivity index (χ0v) is 13.3. The lowest BCUT2D eigenvalue weighted by molar-refractivity contribution is 0.457. The van der Waals surface area contributed by atoms with E-state index in [1.54, 1.807) is 11.8 Å². The van der Waals surface area contributed by atoms with Crippen molar-refractivity contribution in [1.82, 2.24) is 4.90 Å². The first-order chi connectivity index (χ1) is 9.63. The van der Waals surface area contributed by atoms with Gasteiger partial charge in [-0.3, -0.25) is 0 Å². The van der Waals surface area contributed by atoms with Crippen molar-refractivity contribution in [2.24, 2.45) is 0 Å². The molecule has 0 aliphatic rings. The summed E-state index contributed by atoms with van der Waals surface area (Å²) in [6.45, 7) is 0.957. The van der Waals surface area contributed by atoms with Gasteiger partial charge in [-0.2, -0.15) is 0 Å². The van der Waals surface area contributed by atoms with Crippen LogP contribution >= 0.6 is 23.4 Å². The first kappa shape index (κ1) is 15.2. The lowest BCUT2D eigenvalue weighted by Crippen LogP contribution is -2.10. The molecule has 0 aromatic heterocycles. The Bertz CT molecular complexity index is 576. The summed E-state index contributed by atoms with van der Waals surface area (Å²) in [7, 11) is 4.13. The van der Waals surface area contributed by atoms with Crippen molar-refractivity contribution < 1.29 is 0 Å². The van der Waals surface area contributed by atoms with E-state index >= 15 is 0 Å². The molecule has 3 heteroatoms. The monoisotopic (exact) mass is 303 g/mol. The molecule has 0 radical (unpaired) electrons. The highest BCUT2D eigenvalue weighted by Crippen LogP contribution is 2.29.